The predicted octanol–water partition coefficient (Wildman–Crippen LogP) is 4.76. The molecular weight excluding hydrogens is 474 g/mol. The van der Waals surface area contributed by atoms with Gasteiger partial charge in [-0.1, -0.05) is 36.4 Å². The van der Waals surface area contributed by atoms with Crippen molar-refractivity contribution in [3.05, 3.63) is 70.1 Å². The number of esters is 1. The van der Waals surface area contributed by atoms with Crippen molar-refractivity contribution in [2.24, 2.45) is 0 Å². The van der Waals surface area contributed by atoms with Crippen molar-refractivity contribution in [2.75, 3.05) is 6.54 Å². The lowest BCUT2D eigenvalue weighted by molar-refractivity contribution is -0.154. The van der Waals surface area contributed by atoms with Crippen LogP contribution in [0.5, 0.6) is 0 Å². The summed E-state index contributed by atoms with van der Waals surface area (Å²) >= 11 is 1.37. The van der Waals surface area contributed by atoms with Crippen molar-refractivity contribution in [1.29, 1.82) is 0 Å². The maximum absolute atomic E-state index is 12.7. The van der Waals surface area contributed by atoms with Gasteiger partial charge in [0, 0.05) is 24.3 Å². The summed E-state index contributed by atoms with van der Waals surface area (Å²) in [4.78, 5) is 27.1. The van der Waals surface area contributed by atoms with Crippen molar-refractivity contribution in [3.63, 3.8) is 0 Å². The van der Waals surface area contributed by atoms with Gasteiger partial charge in [-0.05, 0) is 79.3 Å². The number of amides is 1. The second-order valence-corrected chi connectivity index (χ2v) is 10.9. The lowest BCUT2D eigenvalue weighted by Gasteiger charge is -2.24. The Kier molecular flexibility index (Phi) is 7.96. The molecule has 36 heavy (non-hydrogen) atoms. The number of ether oxygens (including phenoxy) is 1. The fraction of sp³-hybridized carbons (Fsp3) is 0.429. The number of nitrogens with one attached hydrogen (secondary N) is 2. The van der Waals surface area contributed by atoms with Crippen LogP contribution in [0, 0.1) is 0 Å². The Morgan fingerprint density at radius 1 is 0.944 bits per heavy atom. The summed E-state index contributed by atoms with van der Waals surface area (Å²) in [5.74, 6) is -0.516. The van der Waals surface area contributed by atoms with Gasteiger partial charge >= 0.3 is 5.97 Å². The van der Waals surface area contributed by atoms with Crippen molar-refractivity contribution < 1.29 is 19.5 Å². The van der Waals surface area contributed by atoms with Crippen LogP contribution in [0.4, 0.5) is 0 Å². The molecule has 1 aromatic heterocycles. The smallest absolute Gasteiger partial charge is 0.323 e. The number of rotatable bonds is 9. The third-order valence-corrected chi connectivity index (χ3v) is 8.29. The maximum Gasteiger partial charge on any atom is 0.323 e. The average Bonchev–Trinajstić information content (AvgIpc) is 3.65. The van der Waals surface area contributed by atoms with Crippen LogP contribution in [-0.4, -0.2) is 40.7 Å². The fourth-order valence-corrected chi connectivity index (χ4v) is 6.25. The van der Waals surface area contributed by atoms with Crippen molar-refractivity contribution in [1.82, 2.24) is 15.7 Å². The molecule has 0 radical (unpaired) electrons. The zero-order valence-corrected chi connectivity index (χ0v) is 21.2. The van der Waals surface area contributed by atoms with Crippen LogP contribution in [-0.2, 0) is 29.2 Å². The van der Waals surface area contributed by atoms with Gasteiger partial charge in [-0.2, -0.15) is 0 Å². The van der Waals surface area contributed by atoms with E-state index in [2.05, 4.69) is 46.6 Å². The third-order valence-electron chi connectivity index (χ3n) is 7.20. The zero-order chi connectivity index (χ0) is 24.9. The Morgan fingerprint density at radius 2 is 1.67 bits per heavy atom. The first-order valence-corrected chi connectivity index (χ1v) is 13.6. The largest absolute Gasteiger partial charge is 0.461 e. The molecule has 2 aromatic carbocycles. The van der Waals surface area contributed by atoms with Gasteiger partial charge in [0.2, 0.25) is 0 Å². The number of hydrogen-bond donors (Lipinski definition) is 3. The second kappa shape index (κ2) is 11.5. The van der Waals surface area contributed by atoms with Crippen LogP contribution in [0.3, 0.4) is 0 Å². The van der Waals surface area contributed by atoms with E-state index < -0.39 is 5.91 Å². The number of nitrogens with zero attached hydrogens (tertiary/aromatic N) is 1. The molecule has 7 nitrogen and oxygen atoms in total. The van der Waals surface area contributed by atoms with Gasteiger partial charge in [-0.25, -0.2) is 5.48 Å². The Bertz CT molecular complexity index is 1200. The highest BCUT2D eigenvalue weighted by atomic mass is 32.1. The summed E-state index contributed by atoms with van der Waals surface area (Å²) in [7, 11) is 0. The maximum atomic E-state index is 12.7. The molecule has 1 atom stereocenters. The summed E-state index contributed by atoms with van der Waals surface area (Å²) in [5, 5.41) is 13.3. The molecule has 2 aliphatic rings. The average molecular weight is 508 g/mol. The highest BCUT2D eigenvalue weighted by Gasteiger charge is 2.33. The quantitative estimate of drug-likeness (QED) is 0.220. The summed E-state index contributed by atoms with van der Waals surface area (Å²) in [6, 6.07) is 16.4. The molecule has 1 amide bonds. The van der Waals surface area contributed by atoms with E-state index in [0.717, 1.165) is 67.5 Å². The number of carbonyl (C=O) groups is 2. The molecule has 2 fully saturated rings. The predicted molar refractivity (Wildman–Crippen MR) is 140 cm³/mol. The fourth-order valence-electron chi connectivity index (χ4n) is 5.23. The monoisotopic (exact) mass is 507 g/mol. The minimum atomic E-state index is -0.483. The normalized spacial score (nSPS) is 18.6. The van der Waals surface area contributed by atoms with E-state index in [1.807, 2.05) is 6.07 Å². The van der Waals surface area contributed by atoms with Gasteiger partial charge in [0.25, 0.3) is 5.91 Å². The Balaban J connectivity index is 1.11. The molecule has 3 aromatic rings. The highest BCUT2D eigenvalue weighted by Crippen LogP contribution is 2.27. The van der Waals surface area contributed by atoms with Gasteiger partial charge in [-0.3, -0.25) is 19.7 Å². The minimum absolute atomic E-state index is 0.0335. The first kappa shape index (κ1) is 24.9. The SMILES string of the molecule is O=C(NO)c1cc2ccc(CNCc3ccc(CN4CCC[C@H]4C(=O)OC4CCCC4)cc3)cc2s1. The van der Waals surface area contributed by atoms with Crippen LogP contribution >= 0.6 is 11.3 Å². The van der Waals surface area contributed by atoms with E-state index in [4.69, 9.17) is 9.94 Å². The van der Waals surface area contributed by atoms with Gasteiger partial charge < -0.3 is 10.1 Å². The van der Waals surface area contributed by atoms with Crippen LogP contribution in [0.1, 0.15) is 64.9 Å². The van der Waals surface area contributed by atoms with Crippen molar-refractivity contribution in [3.8, 4) is 0 Å². The summed E-state index contributed by atoms with van der Waals surface area (Å²) in [5.41, 5.74) is 5.25. The Labute approximate surface area is 215 Å². The molecule has 5 rings (SSSR count). The lowest BCUT2D eigenvalue weighted by atomic mass is 10.1. The van der Waals surface area contributed by atoms with E-state index >= 15 is 0 Å². The van der Waals surface area contributed by atoms with Crippen LogP contribution in [0.25, 0.3) is 10.1 Å². The molecule has 1 saturated heterocycles. The number of hydrogen-bond acceptors (Lipinski definition) is 7. The summed E-state index contributed by atoms with van der Waals surface area (Å²) < 4.78 is 6.81. The van der Waals surface area contributed by atoms with Crippen LogP contribution < -0.4 is 10.8 Å². The second-order valence-electron chi connectivity index (χ2n) is 9.82. The number of thiophene rings is 1. The number of benzene rings is 2. The molecule has 0 unspecified atom stereocenters. The third kappa shape index (κ3) is 5.95. The molecule has 1 aliphatic heterocycles. The van der Waals surface area contributed by atoms with Gasteiger partial charge in [0.1, 0.15) is 12.1 Å². The minimum Gasteiger partial charge on any atom is -0.461 e. The van der Waals surface area contributed by atoms with Gasteiger partial charge in [-0.15, -0.1) is 11.3 Å². The Hall–Kier alpha value is -2.78. The molecule has 190 valence electrons. The number of fused-ring (bicyclic) bond motifs is 1. The van der Waals surface area contributed by atoms with Crippen LogP contribution in [0.2, 0.25) is 0 Å². The molecule has 1 saturated carbocycles. The molecule has 0 bridgehead atoms. The summed E-state index contributed by atoms with van der Waals surface area (Å²) in [6.07, 6.45) is 6.43. The lowest BCUT2D eigenvalue weighted by Crippen LogP contribution is -2.38. The van der Waals surface area contributed by atoms with E-state index in [1.54, 1.807) is 11.5 Å². The van der Waals surface area contributed by atoms with E-state index in [-0.39, 0.29) is 18.1 Å². The number of hydroxylamine groups is 1. The molecule has 0 spiro atoms. The number of likely N-dealkylation sites (tertiary alicyclic amines) is 1. The zero-order valence-electron chi connectivity index (χ0n) is 20.4. The first-order valence-electron chi connectivity index (χ1n) is 12.8. The standard InChI is InChI=1S/C28H33N3O4S/c32-27(30-34)26-15-22-12-11-21(14-25(22)36-26)17-29-16-19-7-9-20(10-8-19)18-31-13-3-6-24(31)28(33)35-23-4-1-2-5-23/h7-12,14-15,23-24,29,34H,1-6,13,16-18H2,(H,30,32)/t24-/m0/s1. The van der Waals surface area contributed by atoms with Gasteiger partial charge in [0.15, 0.2) is 0 Å². The molecular formula is C28H33N3O4S. The van der Waals surface area contributed by atoms with Crippen molar-refractivity contribution in [2.45, 2.75) is 70.3 Å². The van der Waals surface area contributed by atoms with Gasteiger partial charge in [0.05, 0.1) is 4.88 Å². The van der Waals surface area contributed by atoms with Crippen LogP contribution in [0.15, 0.2) is 48.5 Å². The molecule has 8 heteroatoms. The number of carbonyl (C=O) groups excluding carboxylic acids is 2. The van der Waals surface area contributed by atoms with E-state index in [1.165, 1.54) is 35.3 Å². The van der Waals surface area contributed by atoms with E-state index in [0.29, 0.717) is 4.88 Å². The molecule has 1 aliphatic carbocycles. The molecule has 2 heterocycles. The topological polar surface area (TPSA) is 90.9 Å². The highest BCUT2D eigenvalue weighted by molar-refractivity contribution is 7.20. The summed E-state index contributed by atoms with van der Waals surface area (Å²) in [6.45, 7) is 3.18. The Morgan fingerprint density at radius 3 is 2.44 bits per heavy atom. The molecule has 3 N–H and O–H groups in total. The first-order chi connectivity index (χ1) is 17.6. The van der Waals surface area contributed by atoms with Crippen molar-refractivity contribution >= 4 is 33.3 Å². The van der Waals surface area contributed by atoms with E-state index in [9.17, 15) is 9.59 Å².